The van der Waals surface area contributed by atoms with Gasteiger partial charge in [0.05, 0.1) is 11.9 Å². The van der Waals surface area contributed by atoms with Crippen molar-refractivity contribution in [1.29, 1.82) is 5.26 Å². The van der Waals surface area contributed by atoms with E-state index in [1.54, 1.807) is 24.5 Å². The van der Waals surface area contributed by atoms with Crippen LogP contribution in [0.2, 0.25) is 0 Å². The Labute approximate surface area is 110 Å². The highest BCUT2D eigenvalue weighted by Gasteiger charge is 1.97. The first-order valence-corrected chi connectivity index (χ1v) is 5.55. The number of guanidine groups is 1. The van der Waals surface area contributed by atoms with Crippen LogP contribution in [0.1, 0.15) is 0 Å². The number of nitrogens with zero attached hydrogens (tertiary/aromatic N) is 3. The molecule has 6 heteroatoms. The fraction of sp³-hybridized carbons (Fsp3) is 0. The monoisotopic (exact) mass is 252 g/mol. The molecule has 2 rings (SSSR count). The summed E-state index contributed by atoms with van der Waals surface area (Å²) in [5.74, 6) is 0.741. The summed E-state index contributed by atoms with van der Waals surface area (Å²) in [5.41, 5.74) is 6.97. The normalized spacial score (nSPS) is 10.6. The van der Waals surface area contributed by atoms with Gasteiger partial charge in [-0.3, -0.25) is 5.32 Å². The first-order chi connectivity index (χ1) is 9.28. The van der Waals surface area contributed by atoms with E-state index in [1.165, 1.54) is 0 Å². The van der Waals surface area contributed by atoms with Gasteiger partial charge in [0.1, 0.15) is 5.82 Å². The number of aromatic nitrogens is 1. The second-order valence-electron chi connectivity index (χ2n) is 3.63. The molecule has 6 nitrogen and oxygen atoms in total. The summed E-state index contributed by atoms with van der Waals surface area (Å²) >= 11 is 0. The van der Waals surface area contributed by atoms with Gasteiger partial charge in [0.15, 0.2) is 6.19 Å². The van der Waals surface area contributed by atoms with Gasteiger partial charge in [0, 0.05) is 5.69 Å². The van der Waals surface area contributed by atoms with Gasteiger partial charge in [-0.05, 0) is 24.3 Å². The third-order valence-corrected chi connectivity index (χ3v) is 2.23. The van der Waals surface area contributed by atoms with Crippen molar-refractivity contribution >= 4 is 23.2 Å². The van der Waals surface area contributed by atoms with E-state index in [9.17, 15) is 0 Å². The summed E-state index contributed by atoms with van der Waals surface area (Å²) in [5, 5.41) is 13.8. The van der Waals surface area contributed by atoms with Crippen molar-refractivity contribution in [2.24, 2.45) is 10.7 Å². The van der Waals surface area contributed by atoms with Crippen LogP contribution in [0.4, 0.5) is 17.2 Å². The van der Waals surface area contributed by atoms with Crippen molar-refractivity contribution in [2.45, 2.75) is 0 Å². The Morgan fingerprint density at radius 3 is 2.63 bits per heavy atom. The number of nitrogens with two attached hydrogens (primary N) is 1. The highest BCUT2D eigenvalue weighted by atomic mass is 15.1. The SMILES string of the molecule is N#CNC(N)=Nc1ccc(Nc2ccccc2)nc1. The lowest BCUT2D eigenvalue weighted by atomic mass is 10.3. The Kier molecular flexibility index (Phi) is 3.93. The van der Waals surface area contributed by atoms with Gasteiger partial charge in [-0.15, -0.1) is 0 Å². The van der Waals surface area contributed by atoms with Crippen LogP contribution >= 0.6 is 0 Å². The molecule has 0 aliphatic carbocycles. The largest absolute Gasteiger partial charge is 0.369 e. The molecule has 0 unspecified atom stereocenters. The summed E-state index contributed by atoms with van der Waals surface area (Å²) in [6, 6.07) is 13.3. The zero-order chi connectivity index (χ0) is 13.5. The molecule has 0 bridgehead atoms. The van der Waals surface area contributed by atoms with Gasteiger partial charge in [-0.2, -0.15) is 5.26 Å². The zero-order valence-corrected chi connectivity index (χ0v) is 10.0. The summed E-state index contributed by atoms with van der Waals surface area (Å²) < 4.78 is 0. The molecule has 1 aromatic carbocycles. The van der Waals surface area contributed by atoms with Crippen LogP contribution in [-0.4, -0.2) is 10.9 Å². The van der Waals surface area contributed by atoms with E-state index < -0.39 is 0 Å². The number of pyridine rings is 1. The van der Waals surface area contributed by atoms with Crippen LogP contribution in [-0.2, 0) is 0 Å². The summed E-state index contributed by atoms with van der Waals surface area (Å²) in [4.78, 5) is 8.17. The van der Waals surface area contributed by atoms with Crippen LogP contribution in [0.25, 0.3) is 0 Å². The molecule has 1 aromatic heterocycles. The molecule has 0 fully saturated rings. The number of benzene rings is 1. The molecule has 1 heterocycles. The molecular weight excluding hydrogens is 240 g/mol. The van der Waals surface area contributed by atoms with Gasteiger partial charge in [0.25, 0.3) is 0 Å². The number of nitriles is 1. The van der Waals surface area contributed by atoms with Gasteiger partial charge in [-0.1, -0.05) is 18.2 Å². The fourth-order valence-electron chi connectivity index (χ4n) is 1.42. The first kappa shape index (κ1) is 12.4. The molecule has 19 heavy (non-hydrogen) atoms. The van der Waals surface area contributed by atoms with Gasteiger partial charge in [-0.25, -0.2) is 9.98 Å². The lowest BCUT2D eigenvalue weighted by Crippen LogP contribution is -2.26. The van der Waals surface area contributed by atoms with E-state index in [-0.39, 0.29) is 5.96 Å². The topological polar surface area (TPSA) is 99.1 Å². The third-order valence-electron chi connectivity index (χ3n) is 2.23. The standard InChI is InChI=1S/C13H12N6/c14-9-17-13(15)19-11-6-7-12(16-8-11)18-10-4-2-1-3-5-10/h1-8H,(H,16,18)(H3,15,17,19). The zero-order valence-electron chi connectivity index (χ0n) is 10.0. The van der Waals surface area contributed by atoms with E-state index in [2.05, 4.69) is 20.6 Å². The molecule has 0 saturated heterocycles. The van der Waals surface area contributed by atoms with Crippen LogP contribution < -0.4 is 16.4 Å². The highest BCUT2D eigenvalue weighted by molar-refractivity contribution is 5.82. The molecule has 0 radical (unpaired) electrons. The molecule has 0 amide bonds. The highest BCUT2D eigenvalue weighted by Crippen LogP contribution is 2.16. The molecule has 94 valence electrons. The average Bonchev–Trinajstić information content (AvgIpc) is 2.42. The molecule has 0 aliphatic rings. The van der Waals surface area contributed by atoms with Crippen molar-refractivity contribution < 1.29 is 0 Å². The van der Waals surface area contributed by atoms with Crippen LogP contribution in [0.3, 0.4) is 0 Å². The van der Waals surface area contributed by atoms with E-state index in [1.807, 2.05) is 30.3 Å². The predicted molar refractivity (Wildman–Crippen MR) is 74.0 cm³/mol. The smallest absolute Gasteiger partial charge is 0.207 e. The number of rotatable bonds is 3. The van der Waals surface area contributed by atoms with Gasteiger partial charge < -0.3 is 11.1 Å². The summed E-state index contributed by atoms with van der Waals surface area (Å²) in [6.45, 7) is 0. The van der Waals surface area contributed by atoms with Crippen molar-refractivity contribution in [3.8, 4) is 6.19 Å². The molecule has 0 saturated carbocycles. The number of aliphatic imine (C=N–C) groups is 1. The van der Waals surface area contributed by atoms with E-state index in [0.29, 0.717) is 11.5 Å². The quantitative estimate of drug-likeness (QED) is 0.335. The Balaban J connectivity index is 2.07. The Morgan fingerprint density at radius 2 is 2.00 bits per heavy atom. The number of hydrogen-bond acceptors (Lipinski definition) is 4. The minimum absolute atomic E-state index is 0.0352. The van der Waals surface area contributed by atoms with Crippen LogP contribution in [0, 0.1) is 11.5 Å². The number of hydrogen-bond donors (Lipinski definition) is 3. The Bertz CT molecular complexity index is 597. The molecule has 2 aromatic rings. The second-order valence-corrected chi connectivity index (χ2v) is 3.63. The Morgan fingerprint density at radius 1 is 1.21 bits per heavy atom. The minimum Gasteiger partial charge on any atom is -0.369 e. The second kappa shape index (κ2) is 6.02. The average molecular weight is 252 g/mol. The maximum atomic E-state index is 8.38. The maximum Gasteiger partial charge on any atom is 0.207 e. The van der Waals surface area contributed by atoms with E-state index in [0.717, 1.165) is 5.69 Å². The van der Waals surface area contributed by atoms with Gasteiger partial charge in [0.2, 0.25) is 5.96 Å². The molecule has 0 aliphatic heterocycles. The van der Waals surface area contributed by atoms with Crippen LogP contribution in [0.5, 0.6) is 0 Å². The van der Waals surface area contributed by atoms with Crippen molar-refractivity contribution in [3.05, 3.63) is 48.7 Å². The van der Waals surface area contributed by atoms with Gasteiger partial charge >= 0.3 is 0 Å². The molecule has 4 N–H and O–H groups in total. The third kappa shape index (κ3) is 3.71. The Hall–Kier alpha value is -3.07. The lowest BCUT2D eigenvalue weighted by molar-refractivity contribution is 1.20. The summed E-state index contributed by atoms with van der Waals surface area (Å²) in [6.07, 6.45) is 3.26. The predicted octanol–water partition coefficient (Wildman–Crippen LogP) is 1.84. The minimum atomic E-state index is 0.0352. The molecule has 0 atom stereocenters. The van der Waals surface area contributed by atoms with Crippen LogP contribution in [0.15, 0.2) is 53.7 Å². The number of nitrogens with one attached hydrogen (secondary N) is 2. The van der Waals surface area contributed by atoms with Crippen molar-refractivity contribution in [1.82, 2.24) is 10.3 Å². The number of anilines is 2. The summed E-state index contributed by atoms with van der Waals surface area (Å²) in [7, 11) is 0. The van der Waals surface area contributed by atoms with Crippen molar-refractivity contribution in [2.75, 3.05) is 5.32 Å². The van der Waals surface area contributed by atoms with Crippen molar-refractivity contribution in [3.63, 3.8) is 0 Å². The molecular formula is C13H12N6. The lowest BCUT2D eigenvalue weighted by Gasteiger charge is -2.05. The number of para-hydroxylation sites is 1. The fourth-order valence-corrected chi connectivity index (χ4v) is 1.42. The van der Waals surface area contributed by atoms with E-state index >= 15 is 0 Å². The maximum absolute atomic E-state index is 8.38. The molecule has 0 spiro atoms. The van der Waals surface area contributed by atoms with E-state index in [4.69, 9.17) is 11.0 Å². The first-order valence-electron chi connectivity index (χ1n) is 5.55.